The number of hydrogen-bond donors (Lipinski definition) is 0. The van der Waals surface area contributed by atoms with Gasteiger partial charge in [-0.05, 0) is 31.0 Å². The lowest BCUT2D eigenvalue weighted by Gasteiger charge is -2.42. The van der Waals surface area contributed by atoms with Crippen LogP contribution in [0.2, 0.25) is 0 Å². The van der Waals surface area contributed by atoms with Crippen LogP contribution in [0.3, 0.4) is 0 Å². The first-order valence-electron chi connectivity index (χ1n) is 8.28. The molecule has 26 heavy (non-hydrogen) atoms. The standard InChI is InChI=1S/C17H16F2N2O4S/c18-14-6-5-11(7-15(14)19)26(24,25)20-8-10(9-20)21-16(22)12-3-1-2-4-13(12)17(21)23/h1-2,5-7,10,12-13H,3-4,8-9H2. The Hall–Kier alpha value is -2.13. The number of carbonyl (C=O) groups is 2. The van der Waals surface area contributed by atoms with Crippen molar-refractivity contribution in [1.29, 1.82) is 0 Å². The predicted molar refractivity (Wildman–Crippen MR) is 86.1 cm³/mol. The third-order valence-corrected chi connectivity index (χ3v) is 7.09. The van der Waals surface area contributed by atoms with E-state index in [-0.39, 0.29) is 41.6 Å². The summed E-state index contributed by atoms with van der Waals surface area (Å²) in [5.41, 5.74) is 0. The molecule has 2 aliphatic heterocycles. The highest BCUT2D eigenvalue weighted by atomic mass is 32.2. The quantitative estimate of drug-likeness (QED) is 0.583. The van der Waals surface area contributed by atoms with E-state index in [0.717, 1.165) is 16.4 Å². The zero-order chi connectivity index (χ0) is 18.6. The van der Waals surface area contributed by atoms with Gasteiger partial charge >= 0.3 is 0 Å². The van der Waals surface area contributed by atoms with Gasteiger partial charge in [-0.25, -0.2) is 17.2 Å². The fourth-order valence-electron chi connectivity index (χ4n) is 3.75. The molecule has 0 bridgehead atoms. The van der Waals surface area contributed by atoms with E-state index in [2.05, 4.69) is 0 Å². The van der Waals surface area contributed by atoms with E-state index in [1.54, 1.807) is 0 Å². The lowest BCUT2D eigenvalue weighted by Crippen LogP contribution is -2.62. The molecule has 2 heterocycles. The Morgan fingerprint density at radius 1 is 0.923 bits per heavy atom. The van der Waals surface area contributed by atoms with Crippen molar-refractivity contribution in [2.75, 3.05) is 13.1 Å². The molecular formula is C17H16F2N2O4S. The molecule has 0 spiro atoms. The number of halogens is 2. The zero-order valence-corrected chi connectivity index (χ0v) is 14.5. The van der Waals surface area contributed by atoms with E-state index < -0.39 is 27.7 Å². The predicted octanol–water partition coefficient (Wildman–Crippen LogP) is 1.29. The van der Waals surface area contributed by atoms with Crippen molar-refractivity contribution in [3.05, 3.63) is 42.0 Å². The van der Waals surface area contributed by atoms with Gasteiger partial charge in [0.2, 0.25) is 21.8 Å². The minimum Gasteiger partial charge on any atom is -0.276 e. The fraction of sp³-hybridized carbons (Fsp3) is 0.412. The second kappa shape index (κ2) is 5.95. The summed E-state index contributed by atoms with van der Waals surface area (Å²) in [6.07, 6.45) is 4.82. The maximum atomic E-state index is 13.3. The molecule has 0 aromatic heterocycles. The molecular weight excluding hydrogens is 366 g/mol. The maximum absolute atomic E-state index is 13.3. The van der Waals surface area contributed by atoms with Gasteiger partial charge in [-0.2, -0.15) is 4.31 Å². The average molecular weight is 382 g/mol. The summed E-state index contributed by atoms with van der Waals surface area (Å²) < 4.78 is 52.4. The Bertz CT molecular complexity index is 899. The number of allylic oxidation sites excluding steroid dienone is 2. The second-order valence-corrected chi connectivity index (χ2v) is 8.69. The molecule has 1 aliphatic carbocycles. The summed E-state index contributed by atoms with van der Waals surface area (Å²) in [6, 6.07) is 1.86. The first-order chi connectivity index (χ1) is 12.3. The minimum atomic E-state index is -4.00. The van der Waals surface area contributed by atoms with Crippen LogP contribution in [0.5, 0.6) is 0 Å². The Kier molecular flexibility index (Phi) is 3.96. The van der Waals surface area contributed by atoms with Crippen molar-refractivity contribution >= 4 is 21.8 Å². The third-order valence-electron chi connectivity index (χ3n) is 5.26. The number of sulfonamides is 1. The van der Waals surface area contributed by atoms with E-state index >= 15 is 0 Å². The SMILES string of the molecule is O=C1C2CC=CCC2C(=O)N1C1CN(S(=O)(=O)c2ccc(F)c(F)c2)C1. The van der Waals surface area contributed by atoms with Crippen LogP contribution in [0.1, 0.15) is 12.8 Å². The van der Waals surface area contributed by atoms with E-state index in [1.807, 2.05) is 12.2 Å². The van der Waals surface area contributed by atoms with Crippen LogP contribution in [0.4, 0.5) is 8.78 Å². The molecule has 3 aliphatic rings. The molecule has 2 atom stereocenters. The number of benzene rings is 1. The number of rotatable bonds is 3. The molecule has 0 saturated carbocycles. The Balaban J connectivity index is 1.49. The van der Waals surface area contributed by atoms with Crippen molar-refractivity contribution in [3.8, 4) is 0 Å². The molecule has 0 N–H and O–H groups in total. The minimum absolute atomic E-state index is 0.0360. The van der Waals surface area contributed by atoms with Crippen LogP contribution in [0, 0.1) is 23.5 Å². The topological polar surface area (TPSA) is 74.8 Å². The van der Waals surface area contributed by atoms with Crippen molar-refractivity contribution in [2.24, 2.45) is 11.8 Å². The largest absolute Gasteiger partial charge is 0.276 e. The van der Waals surface area contributed by atoms with Gasteiger partial charge < -0.3 is 0 Å². The lowest BCUT2D eigenvalue weighted by molar-refractivity contribution is -0.145. The van der Waals surface area contributed by atoms with E-state index in [4.69, 9.17) is 0 Å². The van der Waals surface area contributed by atoms with E-state index in [0.29, 0.717) is 18.9 Å². The maximum Gasteiger partial charge on any atom is 0.243 e. The number of likely N-dealkylation sites (tertiary alicyclic amines) is 1. The summed E-state index contributed by atoms with van der Waals surface area (Å²) in [6.45, 7) is -0.0721. The van der Waals surface area contributed by atoms with Crippen LogP contribution in [-0.2, 0) is 19.6 Å². The van der Waals surface area contributed by atoms with Crippen molar-refractivity contribution < 1.29 is 26.8 Å². The summed E-state index contributed by atoms with van der Waals surface area (Å²) in [5.74, 6) is -3.59. The first-order valence-corrected chi connectivity index (χ1v) is 9.72. The fourth-order valence-corrected chi connectivity index (χ4v) is 5.28. The second-order valence-electron chi connectivity index (χ2n) is 6.75. The molecule has 1 aromatic rings. The number of nitrogens with zero attached hydrogens (tertiary/aromatic N) is 2. The van der Waals surface area contributed by atoms with Gasteiger partial charge in [-0.3, -0.25) is 14.5 Å². The van der Waals surface area contributed by atoms with Crippen LogP contribution in [0.15, 0.2) is 35.2 Å². The Morgan fingerprint density at radius 3 is 2.04 bits per heavy atom. The monoisotopic (exact) mass is 382 g/mol. The molecule has 2 unspecified atom stereocenters. The molecule has 9 heteroatoms. The van der Waals surface area contributed by atoms with Gasteiger partial charge in [-0.1, -0.05) is 12.2 Å². The van der Waals surface area contributed by atoms with Crippen LogP contribution in [0.25, 0.3) is 0 Å². The smallest absolute Gasteiger partial charge is 0.243 e. The zero-order valence-electron chi connectivity index (χ0n) is 13.6. The normalized spacial score (nSPS) is 26.9. The first kappa shape index (κ1) is 17.3. The van der Waals surface area contributed by atoms with Crippen LogP contribution < -0.4 is 0 Å². The average Bonchev–Trinajstić information content (AvgIpc) is 2.81. The number of hydrogen-bond acceptors (Lipinski definition) is 4. The van der Waals surface area contributed by atoms with Crippen LogP contribution >= 0.6 is 0 Å². The Morgan fingerprint density at radius 2 is 1.50 bits per heavy atom. The van der Waals surface area contributed by atoms with Crippen molar-refractivity contribution in [2.45, 2.75) is 23.8 Å². The highest BCUT2D eigenvalue weighted by Gasteiger charge is 2.53. The Labute approximate surface area is 149 Å². The van der Waals surface area contributed by atoms with Gasteiger partial charge in [0, 0.05) is 13.1 Å². The highest BCUT2D eigenvalue weighted by molar-refractivity contribution is 7.89. The van der Waals surface area contributed by atoms with Gasteiger partial charge in [0.05, 0.1) is 22.8 Å². The third kappa shape index (κ3) is 2.49. The number of imide groups is 1. The number of fused-ring (bicyclic) bond motifs is 1. The van der Waals surface area contributed by atoms with Crippen LogP contribution in [-0.4, -0.2) is 48.6 Å². The summed E-state index contributed by atoms with van der Waals surface area (Å²) in [7, 11) is -4.00. The lowest BCUT2D eigenvalue weighted by atomic mass is 9.85. The number of amides is 2. The molecule has 2 saturated heterocycles. The molecule has 6 nitrogen and oxygen atoms in total. The summed E-state index contributed by atoms with van der Waals surface area (Å²) in [5, 5.41) is 0. The van der Waals surface area contributed by atoms with E-state index in [1.165, 1.54) is 4.90 Å². The number of carbonyl (C=O) groups excluding carboxylic acids is 2. The van der Waals surface area contributed by atoms with Crippen molar-refractivity contribution in [3.63, 3.8) is 0 Å². The highest BCUT2D eigenvalue weighted by Crippen LogP contribution is 2.38. The molecule has 1 aromatic carbocycles. The van der Waals surface area contributed by atoms with Gasteiger partial charge in [-0.15, -0.1) is 0 Å². The summed E-state index contributed by atoms with van der Waals surface area (Å²) >= 11 is 0. The van der Waals surface area contributed by atoms with E-state index in [9.17, 15) is 26.8 Å². The molecule has 2 amide bonds. The molecule has 138 valence electrons. The van der Waals surface area contributed by atoms with Crippen molar-refractivity contribution in [1.82, 2.24) is 9.21 Å². The molecule has 0 radical (unpaired) electrons. The molecule has 2 fully saturated rings. The summed E-state index contributed by atoms with van der Waals surface area (Å²) in [4.78, 5) is 25.8. The van der Waals surface area contributed by atoms with Gasteiger partial charge in [0.15, 0.2) is 11.6 Å². The molecule has 4 rings (SSSR count). The van der Waals surface area contributed by atoms with Gasteiger partial charge in [0.1, 0.15) is 0 Å². The van der Waals surface area contributed by atoms with Gasteiger partial charge in [0.25, 0.3) is 0 Å².